The first kappa shape index (κ1) is 23.4. The summed E-state index contributed by atoms with van der Waals surface area (Å²) in [6.45, 7) is 2.19. The summed E-state index contributed by atoms with van der Waals surface area (Å²) in [5.41, 5.74) is 2.76. The summed E-state index contributed by atoms with van der Waals surface area (Å²) in [4.78, 5) is 39.6. The van der Waals surface area contributed by atoms with E-state index in [1.807, 2.05) is 36.4 Å². The molecule has 2 fully saturated rings. The van der Waals surface area contributed by atoms with E-state index in [9.17, 15) is 19.5 Å². The van der Waals surface area contributed by atoms with Crippen LogP contribution in [-0.4, -0.2) is 66.9 Å². The Bertz CT molecular complexity index is 1130. The van der Waals surface area contributed by atoms with E-state index in [-0.39, 0.29) is 37.0 Å². The largest absolute Gasteiger partial charge is 0.481 e. The number of aliphatic carboxylic acids is 1. The van der Waals surface area contributed by atoms with Gasteiger partial charge in [0.1, 0.15) is 12.1 Å². The Hall–Kier alpha value is -3.39. The number of alkyl carbamates (subject to hydrolysis) is 1. The van der Waals surface area contributed by atoms with E-state index in [1.54, 1.807) is 11.8 Å². The lowest BCUT2D eigenvalue weighted by molar-refractivity contribution is -0.143. The van der Waals surface area contributed by atoms with E-state index < -0.39 is 23.5 Å². The van der Waals surface area contributed by atoms with Crippen molar-refractivity contribution in [2.24, 2.45) is 11.3 Å². The number of carbonyl (C=O) groups is 3. The number of amides is 2. The van der Waals surface area contributed by atoms with Gasteiger partial charge in [0.05, 0.1) is 12.5 Å². The van der Waals surface area contributed by atoms with Gasteiger partial charge in [-0.25, -0.2) is 4.79 Å². The lowest BCUT2D eigenvalue weighted by Gasteiger charge is -2.32. The lowest BCUT2D eigenvalue weighted by atomic mass is 9.93. The molecule has 2 unspecified atom stereocenters. The van der Waals surface area contributed by atoms with Crippen LogP contribution in [0.15, 0.2) is 48.5 Å². The van der Waals surface area contributed by atoms with E-state index in [0.717, 1.165) is 35.1 Å². The highest BCUT2D eigenvalue weighted by Crippen LogP contribution is 2.56. The van der Waals surface area contributed by atoms with Gasteiger partial charge < -0.3 is 24.8 Å². The maximum absolute atomic E-state index is 13.4. The Morgan fingerprint density at radius 3 is 2.20 bits per heavy atom. The van der Waals surface area contributed by atoms with Crippen LogP contribution >= 0.6 is 0 Å². The molecule has 1 spiro atoms. The number of fused-ring (bicyclic) bond motifs is 3. The van der Waals surface area contributed by atoms with E-state index >= 15 is 0 Å². The van der Waals surface area contributed by atoms with Gasteiger partial charge in [0.25, 0.3) is 5.91 Å². The molecule has 2 amide bonds. The average Bonchev–Trinajstić information content (AvgIpc) is 3.39. The SMILES string of the molecule is COCC(C)(NC(=O)OCC1c2ccccc2-c2ccccc21)C(=O)N1CC(C(=O)O)C2(CC2)C1. The Kier molecular flexibility index (Phi) is 5.79. The summed E-state index contributed by atoms with van der Waals surface area (Å²) in [6, 6.07) is 16.1. The highest BCUT2D eigenvalue weighted by atomic mass is 16.5. The zero-order chi connectivity index (χ0) is 24.8. The van der Waals surface area contributed by atoms with E-state index in [0.29, 0.717) is 6.54 Å². The van der Waals surface area contributed by atoms with Crippen molar-refractivity contribution in [2.75, 3.05) is 33.4 Å². The molecule has 0 radical (unpaired) electrons. The first-order chi connectivity index (χ1) is 16.8. The first-order valence-corrected chi connectivity index (χ1v) is 11.9. The summed E-state index contributed by atoms with van der Waals surface area (Å²) in [5, 5.41) is 12.3. The Labute approximate surface area is 204 Å². The highest BCUT2D eigenvalue weighted by Gasteiger charge is 2.60. The molecule has 0 bridgehead atoms. The molecule has 3 aliphatic rings. The Morgan fingerprint density at radius 2 is 1.69 bits per heavy atom. The highest BCUT2D eigenvalue weighted by molar-refractivity contribution is 5.91. The number of carbonyl (C=O) groups excluding carboxylic acids is 2. The van der Waals surface area contributed by atoms with Crippen LogP contribution < -0.4 is 5.32 Å². The van der Waals surface area contributed by atoms with Crippen molar-refractivity contribution < 1.29 is 29.0 Å². The molecule has 2 aliphatic carbocycles. The van der Waals surface area contributed by atoms with Crippen molar-refractivity contribution in [3.8, 4) is 11.1 Å². The summed E-state index contributed by atoms with van der Waals surface area (Å²) in [6.07, 6.45) is 0.887. The van der Waals surface area contributed by atoms with Crippen LogP contribution in [0, 0.1) is 11.3 Å². The third-order valence-electron chi connectivity index (χ3n) is 7.75. The maximum atomic E-state index is 13.4. The number of benzene rings is 2. The topological polar surface area (TPSA) is 105 Å². The number of carboxylic acids is 1. The number of ether oxygens (including phenoxy) is 2. The second-order valence-corrected chi connectivity index (χ2v) is 10.2. The van der Waals surface area contributed by atoms with Crippen LogP contribution in [0.2, 0.25) is 0 Å². The zero-order valence-electron chi connectivity index (χ0n) is 20.0. The molecule has 184 valence electrons. The van der Waals surface area contributed by atoms with Gasteiger partial charge in [-0.3, -0.25) is 9.59 Å². The molecular formula is C27H30N2O6. The van der Waals surface area contributed by atoms with Gasteiger partial charge in [-0.1, -0.05) is 48.5 Å². The van der Waals surface area contributed by atoms with E-state index in [4.69, 9.17) is 9.47 Å². The van der Waals surface area contributed by atoms with Crippen molar-refractivity contribution in [1.29, 1.82) is 0 Å². The Balaban J connectivity index is 1.27. The van der Waals surface area contributed by atoms with Crippen LogP contribution in [-0.2, 0) is 19.1 Å². The van der Waals surface area contributed by atoms with Crippen LogP contribution in [0.25, 0.3) is 11.1 Å². The van der Waals surface area contributed by atoms with Crippen LogP contribution in [0.5, 0.6) is 0 Å². The molecular weight excluding hydrogens is 448 g/mol. The number of nitrogens with one attached hydrogen (secondary N) is 1. The third kappa shape index (κ3) is 4.05. The van der Waals surface area contributed by atoms with Gasteiger partial charge in [-0.05, 0) is 42.0 Å². The molecule has 8 nitrogen and oxygen atoms in total. The molecule has 35 heavy (non-hydrogen) atoms. The minimum Gasteiger partial charge on any atom is -0.481 e. The number of hydrogen-bond donors (Lipinski definition) is 2. The zero-order valence-corrected chi connectivity index (χ0v) is 20.0. The van der Waals surface area contributed by atoms with Crippen molar-refractivity contribution in [3.05, 3.63) is 59.7 Å². The molecule has 1 aliphatic heterocycles. The minimum absolute atomic E-state index is 0.0583. The molecule has 2 atom stereocenters. The fourth-order valence-electron chi connectivity index (χ4n) is 5.78. The van der Waals surface area contributed by atoms with Crippen molar-refractivity contribution in [3.63, 3.8) is 0 Å². The summed E-state index contributed by atoms with van der Waals surface area (Å²) in [5.74, 6) is -1.91. The number of carboxylic acid groups (broad SMARTS) is 1. The maximum Gasteiger partial charge on any atom is 0.408 e. The lowest BCUT2D eigenvalue weighted by Crippen LogP contribution is -2.60. The fraction of sp³-hybridized carbons (Fsp3) is 0.444. The van der Waals surface area contributed by atoms with E-state index in [1.165, 1.54) is 7.11 Å². The van der Waals surface area contributed by atoms with Crippen molar-refractivity contribution >= 4 is 18.0 Å². The Morgan fingerprint density at radius 1 is 1.09 bits per heavy atom. The molecule has 1 heterocycles. The van der Waals surface area contributed by atoms with Gasteiger partial charge in [-0.15, -0.1) is 0 Å². The fourth-order valence-corrected chi connectivity index (χ4v) is 5.78. The number of hydrogen-bond acceptors (Lipinski definition) is 5. The predicted molar refractivity (Wildman–Crippen MR) is 128 cm³/mol. The van der Waals surface area contributed by atoms with Gasteiger partial charge in [0.2, 0.25) is 0 Å². The smallest absolute Gasteiger partial charge is 0.408 e. The minimum atomic E-state index is -1.37. The third-order valence-corrected chi connectivity index (χ3v) is 7.75. The molecule has 1 saturated carbocycles. The summed E-state index contributed by atoms with van der Waals surface area (Å²) < 4.78 is 10.9. The summed E-state index contributed by atoms with van der Waals surface area (Å²) >= 11 is 0. The second-order valence-electron chi connectivity index (χ2n) is 10.2. The second kappa shape index (κ2) is 8.68. The average molecular weight is 479 g/mol. The van der Waals surface area contributed by atoms with Crippen molar-refractivity contribution in [1.82, 2.24) is 10.2 Å². The molecule has 8 heteroatoms. The predicted octanol–water partition coefficient (Wildman–Crippen LogP) is 3.25. The van der Waals surface area contributed by atoms with E-state index in [2.05, 4.69) is 17.4 Å². The number of likely N-dealkylation sites (tertiary alicyclic amines) is 1. The van der Waals surface area contributed by atoms with Gasteiger partial charge >= 0.3 is 12.1 Å². The normalized spacial score (nSPS) is 21.2. The number of methoxy groups -OCH3 is 1. The molecule has 0 aromatic heterocycles. The number of rotatable bonds is 7. The van der Waals surface area contributed by atoms with Crippen LogP contribution in [0.4, 0.5) is 4.79 Å². The van der Waals surface area contributed by atoms with Gasteiger partial charge in [0.15, 0.2) is 0 Å². The molecule has 2 N–H and O–H groups in total. The molecule has 2 aromatic carbocycles. The van der Waals surface area contributed by atoms with Crippen LogP contribution in [0.1, 0.15) is 36.8 Å². The monoisotopic (exact) mass is 478 g/mol. The summed E-state index contributed by atoms with van der Waals surface area (Å²) in [7, 11) is 1.46. The first-order valence-electron chi connectivity index (χ1n) is 11.9. The molecule has 5 rings (SSSR count). The quantitative estimate of drug-likeness (QED) is 0.633. The molecule has 1 saturated heterocycles. The van der Waals surface area contributed by atoms with Gasteiger partial charge in [0, 0.05) is 31.5 Å². The van der Waals surface area contributed by atoms with Crippen molar-refractivity contribution in [2.45, 2.75) is 31.2 Å². The van der Waals surface area contributed by atoms with Crippen LogP contribution in [0.3, 0.4) is 0 Å². The number of nitrogens with zero attached hydrogens (tertiary/aromatic N) is 1. The standard InChI is InChI=1S/C27H30N2O6/c1-26(16-34-2,24(32)29-13-22(23(30)31)27(15-29)11-12-27)28-25(33)35-14-21-19-9-5-3-7-17(19)18-8-4-6-10-20(18)21/h3-10,21-22H,11-16H2,1-2H3,(H,28,33)(H,30,31). The molecule has 2 aromatic rings. The van der Waals surface area contributed by atoms with Gasteiger partial charge in [-0.2, -0.15) is 0 Å².